The molecule has 1 N–H and O–H groups in total. The van der Waals surface area contributed by atoms with Gasteiger partial charge in [0, 0.05) is 13.1 Å². The number of halogens is 3. The SMILES string of the molecule is CCOC(=O)C1=C(c2ccc(O)cc2)CC2CN(C(=O)OC(C)(C)C)CC1N2C(=O)OC(C)(C)C(Cl)(Cl)Cl. The van der Waals surface area contributed by atoms with Gasteiger partial charge in [-0.05, 0) is 71.2 Å². The molecule has 2 atom stereocenters. The van der Waals surface area contributed by atoms with E-state index in [9.17, 15) is 19.5 Å². The van der Waals surface area contributed by atoms with Gasteiger partial charge < -0.3 is 24.2 Å². The highest BCUT2D eigenvalue weighted by Gasteiger charge is 2.52. The van der Waals surface area contributed by atoms with Crippen LogP contribution in [0.5, 0.6) is 5.75 Å². The number of ether oxygens (including phenoxy) is 3. The lowest BCUT2D eigenvalue weighted by Gasteiger charge is -2.50. The standard InChI is InChI=1S/C26H33Cl3N2O7/c1-7-36-21(33)20-18(15-8-10-17(32)11-9-15)12-16-13-30(22(34)37-24(2,3)4)14-19(20)31(16)23(35)38-25(5,6)26(27,28)29/h8-11,16,19,32H,7,12-14H2,1-6H3. The lowest BCUT2D eigenvalue weighted by molar-refractivity contribution is -0.140. The van der Waals surface area contributed by atoms with Crippen LogP contribution in [0.2, 0.25) is 0 Å². The molecule has 12 heteroatoms. The molecule has 2 aliphatic rings. The van der Waals surface area contributed by atoms with E-state index in [0.29, 0.717) is 11.1 Å². The fourth-order valence-electron chi connectivity index (χ4n) is 4.39. The van der Waals surface area contributed by atoms with Crippen molar-refractivity contribution in [1.82, 2.24) is 9.80 Å². The van der Waals surface area contributed by atoms with Gasteiger partial charge in [0.1, 0.15) is 11.4 Å². The summed E-state index contributed by atoms with van der Waals surface area (Å²) in [7, 11) is 0. The van der Waals surface area contributed by atoms with Crippen molar-refractivity contribution < 1.29 is 33.7 Å². The molecule has 1 aromatic carbocycles. The number of nitrogens with zero attached hydrogens (tertiary/aromatic N) is 2. The molecule has 1 aromatic rings. The van der Waals surface area contributed by atoms with Gasteiger partial charge in [-0.15, -0.1) is 0 Å². The number of phenols is 1. The normalized spacial score (nSPS) is 20.2. The molecule has 2 bridgehead atoms. The number of carbonyl (C=O) groups is 3. The third-order valence-corrected chi connectivity index (χ3v) is 7.62. The van der Waals surface area contributed by atoms with E-state index in [0.717, 1.165) is 0 Å². The Morgan fingerprint density at radius 2 is 1.58 bits per heavy atom. The smallest absolute Gasteiger partial charge is 0.411 e. The number of benzene rings is 1. The quantitative estimate of drug-likeness (QED) is 0.272. The Labute approximate surface area is 237 Å². The van der Waals surface area contributed by atoms with Crippen molar-refractivity contribution in [3.63, 3.8) is 0 Å². The molecule has 0 aromatic heterocycles. The van der Waals surface area contributed by atoms with Crippen molar-refractivity contribution in [3.8, 4) is 5.75 Å². The van der Waals surface area contributed by atoms with Crippen LogP contribution in [0.25, 0.3) is 5.57 Å². The number of esters is 1. The fraction of sp³-hybridized carbons (Fsp3) is 0.577. The molecule has 0 saturated carbocycles. The first-order valence-corrected chi connectivity index (χ1v) is 13.3. The van der Waals surface area contributed by atoms with E-state index in [4.69, 9.17) is 49.0 Å². The second kappa shape index (κ2) is 11.0. The number of hydrogen-bond acceptors (Lipinski definition) is 7. The van der Waals surface area contributed by atoms with Gasteiger partial charge in [-0.2, -0.15) is 0 Å². The molecule has 38 heavy (non-hydrogen) atoms. The molecular weight excluding hydrogens is 559 g/mol. The molecule has 2 amide bonds. The first-order valence-electron chi connectivity index (χ1n) is 12.2. The molecule has 0 aliphatic carbocycles. The van der Waals surface area contributed by atoms with Crippen molar-refractivity contribution in [2.75, 3.05) is 19.7 Å². The number of aromatic hydroxyl groups is 1. The lowest BCUT2D eigenvalue weighted by Crippen LogP contribution is -2.66. The highest BCUT2D eigenvalue weighted by molar-refractivity contribution is 6.68. The van der Waals surface area contributed by atoms with Gasteiger partial charge in [0.25, 0.3) is 0 Å². The molecule has 210 valence electrons. The maximum Gasteiger partial charge on any atom is 0.411 e. The van der Waals surface area contributed by atoms with Gasteiger partial charge in [0.05, 0.1) is 24.3 Å². The zero-order valence-corrected chi connectivity index (χ0v) is 24.5. The van der Waals surface area contributed by atoms with Crippen LogP contribution >= 0.6 is 34.8 Å². The Bertz CT molecular complexity index is 1110. The predicted molar refractivity (Wildman–Crippen MR) is 144 cm³/mol. The van der Waals surface area contributed by atoms with Crippen molar-refractivity contribution in [1.29, 1.82) is 0 Å². The molecule has 1 fully saturated rings. The van der Waals surface area contributed by atoms with Crippen LogP contribution < -0.4 is 0 Å². The van der Waals surface area contributed by atoms with E-state index < -0.39 is 45.2 Å². The minimum atomic E-state index is -1.92. The molecular formula is C26H33Cl3N2O7. The van der Waals surface area contributed by atoms with Gasteiger partial charge in [-0.3, -0.25) is 4.90 Å². The van der Waals surface area contributed by atoms with Gasteiger partial charge >= 0.3 is 18.2 Å². The number of carbonyl (C=O) groups excluding carboxylic acids is 3. The van der Waals surface area contributed by atoms with Gasteiger partial charge in [0.15, 0.2) is 5.60 Å². The van der Waals surface area contributed by atoms with Crippen molar-refractivity contribution in [3.05, 3.63) is 35.4 Å². The molecule has 3 rings (SSSR count). The monoisotopic (exact) mass is 590 g/mol. The van der Waals surface area contributed by atoms with E-state index >= 15 is 0 Å². The summed E-state index contributed by atoms with van der Waals surface area (Å²) in [5.41, 5.74) is -0.717. The lowest BCUT2D eigenvalue weighted by atomic mass is 9.82. The first-order chi connectivity index (χ1) is 17.4. The number of amides is 2. The number of rotatable bonds is 4. The van der Waals surface area contributed by atoms with Gasteiger partial charge in [-0.1, -0.05) is 46.9 Å². The number of piperazine rings is 1. The van der Waals surface area contributed by atoms with Crippen LogP contribution in [0.1, 0.15) is 53.5 Å². The topological polar surface area (TPSA) is 106 Å². The minimum absolute atomic E-state index is 0.0511. The van der Waals surface area contributed by atoms with E-state index in [-0.39, 0.29) is 37.4 Å². The Kier molecular flexibility index (Phi) is 8.75. The zero-order valence-electron chi connectivity index (χ0n) is 22.2. The summed E-state index contributed by atoms with van der Waals surface area (Å²) in [5, 5.41) is 9.79. The molecule has 2 unspecified atom stereocenters. The minimum Gasteiger partial charge on any atom is -0.508 e. The van der Waals surface area contributed by atoms with E-state index in [1.54, 1.807) is 39.8 Å². The predicted octanol–water partition coefficient (Wildman–Crippen LogP) is 5.69. The number of phenolic OH excluding ortho intramolecular Hbond substituents is 1. The molecule has 2 heterocycles. The maximum atomic E-state index is 13.6. The summed E-state index contributed by atoms with van der Waals surface area (Å²) < 4.78 is 14.7. The highest BCUT2D eigenvalue weighted by Crippen LogP contribution is 2.43. The average molecular weight is 592 g/mol. The summed E-state index contributed by atoms with van der Waals surface area (Å²) in [6.07, 6.45) is -1.18. The Morgan fingerprint density at radius 3 is 2.11 bits per heavy atom. The van der Waals surface area contributed by atoms with Crippen LogP contribution in [-0.4, -0.2) is 79.8 Å². The molecule has 2 aliphatic heterocycles. The van der Waals surface area contributed by atoms with Crippen LogP contribution in [0, 0.1) is 0 Å². The zero-order chi connectivity index (χ0) is 28.6. The molecule has 9 nitrogen and oxygen atoms in total. The second-order valence-corrected chi connectivity index (χ2v) is 13.0. The molecule has 1 saturated heterocycles. The second-order valence-electron chi connectivity index (χ2n) is 10.7. The van der Waals surface area contributed by atoms with Crippen LogP contribution in [-0.2, 0) is 19.0 Å². The number of alkyl halides is 3. The van der Waals surface area contributed by atoms with Gasteiger partial charge in [0.2, 0.25) is 3.79 Å². The summed E-state index contributed by atoms with van der Waals surface area (Å²) in [5.74, 6) is -0.568. The van der Waals surface area contributed by atoms with Crippen molar-refractivity contribution in [2.45, 2.75) is 75.0 Å². The van der Waals surface area contributed by atoms with Gasteiger partial charge in [-0.25, -0.2) is 14.4 Å². The van der Waals surface area contributed by atoms with E-state index in [2.05, 4.69) is 0 Å². The van der Waals surface area contributed by atoms with Crippen molar-refractivity contribution in [2.24, 2.45) is 0 Å². The van der Waals surface area contributed by atoms with Crippen LogP contribution in [0.4, 0.5) is 9.59 Å². The summed E-state index contributed by atoms with van der Waals surface area (Å²) in [4.78, 5) is 42.8. The highest BCUT2D eigenvalue weighted by atomic mass is 35.6. The van der Waals surface area contributed by atoms with E-state index in [1.807, 2.05) is 0 Å². The third kappa shape index (κ3) is 6.61. The maximum absolute atomic E-state index is 13.6. The summed E-state index contributed by atoms with van der Waals surface area (Å²) in [6.45, 7) is 10.0. The Morgan fingerprint density at radius 1 is 0.974 bits per heavy atom. The molecule has 0 spiro atoms. The Balaban J connectivity index is 2.11. The molecule has 0 radical (unpaired) electrons. The fourth-order valence-corrected chi connectivity index (χ4v) is 4.51. The average Bonchev–Trinajstić information content (AvgIpc) is 2.76. The summed E-state index contributed by atoms with van der Waals surface area (Å²) >= 11 is 18.2. The largest absolute Gasteiger partial charge is 0.508 e. The summed E-state index contributed by atoms with van der Waals surface area (Å²) in [6, 6.07) is 4.87. The van der Waals surface area contributed by atoms with Crippen LogP contribution in [0.3, 0.4) is 0 Å². The van der Waals surface area contributed by atoms with E-state index in [1.165, 1.54) is 35.8 Å². The van der Waals surface area contributed by atoms with Crippen LogP contribution in [0.15, 0.2) is 29.8 Å². The Hall–Kier alpha value is -2.36. The van der Waals surface area contributed by atoms with Crippen molar-refractivity contribution >= 4 is 58.5 Å². The number of hydrogen-bond donors (Lipinski definition) is 1. The number of fused-ring (bicyclic) bond motifs is 2. The third-order valence-electron chi connectivity index (χ3n) is 6.25. The first kappa shape index (κ1) is 30.2.